The molecule has 1 aliphatic heterocycles. The Labute approximate surface area is 191 Å². The van der Waals surface area contributed by atoms with Crippen LogP contribution in [0.2, 0.25) is 5.02 Å². The second kappa shape index (κ2) is 9.48. The van der Waals surface area contributed by atoms with Crippen molar-refractivity contribution < 1.29 is 8.42 Å². The smallest absolute Gasteiger partial charge is 0.243 e. The number of anilines is 1. The van der Waals surface area contributed by atoms with Crippen molar-refractivity contribution in [2.75, 3.05) is 18.5 Å². The highest BCUT2D eigenvalue weighted by molar-refractivity contribution is 7.89. The summed E-state index contributed by atoms with van der Waals surface area (Å²) in [5.74, 6) is 0.382. The zero-order valence-corrected chi connectivity index (χ0v) is 19.4. The number of hydrogen-bond acceptors (Lipinski definition) is 6. The summed E-state index contributed by atoms with van der Waals surface area (Å²) >= 11 is 7.29. The quantitative estimate of drug-likeness (QED) is 0.387. The first-order valence-corrected chi connectivity index (χ1v) is 12.7. The molecular weight excluding hydrogens is 452 g/mol. The summed E-state index contributed by atoms with van der Waals surface area (Å²) in [5, 5.41) is 7.38. The predicted molar refractivity (Wildman–Crippen MR) is 127 cm³/mol. The fourth-order valence-electron chi connectivity index (χ4n) is 3.50. The molecule has 1 saturated heterocycles. The summed E-state index contributed by atoms with van der Waals surface area (Å²) in [6.07, 6.45) is 3.66. The van der Waals surface area contributed by atoms with E-state index in [0.717, 1.165) is 24.0 Å². The molecule has 2 aromatic carbocycles. The lowest BCUT2D eigenvalue weighted by atomic mass is 10.0. The van der Waals surface area contributed by atoms with Gasteiger partial charge in [-0.2, -0.15) is 9.41 Å². The van der Waals surface area contributed by atoms with Crippen molar-refractivity contribution in [2.45, 2.75) is 24.7 Å². The highest BCUT2D eigenvalue weighted by Gasteiger charge is 2.28. The lowest BCUT2D eigenvalue weighted by molar-refractivity contribution is 0.281. The van der Waals surface area contributed by atoms with Crippen LogP contribution < -0.4 is 5.43 Å². The van der Waals surface area contributed by atoms with Gasteiger partial charge in [-0.15, -0.1) is 11.3 Å². The van der Waals surface area contributed by atoms with Gasteiger partial charge in [-0.1, -0.05) is 42.8 Å². The Morgan fingerprint density at radius 2 is 2.06 bits per heavy atom. The molecule has 0 spiro atoms. The molecule has 162 valence electrons. The van der Waals surface area contributed by atoms with E-state index >= 15 is 0 Å². The first-order chi connectivity index (χ1) is 14.9. The molecule has 1 unspecified atom stereocenters. The Morgan fingerprint density at radius 1 is 1.26 bits per heavy atom. The van der Waals surface area contributed by atoms with Crippen molar-refractivity contribution in [1.82, 2.24) is 9.29 Å². The van der Waals surface area contributed by atoms with Crippen molar-refractivity contribution >= 4 is 44.3 Å². The highest BCUT2D eigenvalue weighted by Crippen LogP contribution is 2.29. The third-order valence-electron chi connectivity index (χ3n) is 5.14. The number of sulfonamides is 1. The molecule has 6 nitrogen and oxygen atoms in total. The van der Waals surface area contributed by atoms with E-state index in [1.807, 2.05) is 23.6 Å². The van der Waals surface area contributed by atoms with Gasteiger partial charge in [0.05, 0.1) is 16.8 Å². The topological polar surface area (TPSA) is 74.7 Å². The lowest BCUT2D eigenvalue weighted by Gasteiger charge is -2.30. The molecule has 3 aromatic rings. The molecule has 0 bridgehead atoms. The van der Waals surface area contributed by atoms with Crippen LogP contribution in [0.15, 0.2) is 63.9 Å². The predicted octanol–water partition coefficient (Wildman–Crippen LogP) is 5.33. The number of nitrogens with one attached hydrogen (secondary N) is 1. The molecule has 31 heavy (non-hydrogen) atoms. The van der Waals surface area contributed by atoms with Crippen molar-refractivity contribution in [3.8, 4) is 11.3 Å². The van der Waals surface area contributed by atoms with Crippen LogP contribution >= 0.6 is 22.9 Å². The van der Waals surface area contributed by atoms with Crippen molar-refractivity contribution in [3.63, 3.8) is 0 Å². The average molecular weight is 475 g/mol. The Morgan fingerprint density at radius 3 is 2.84 bits per heavy atom. The average Bonchev–Trinajstić information content (AvgIpc) is 3.24. The summed E-state index contributed by atoms with van der Waals surface area (Å²) in [4.78, 5) is 4.85. The summed E-state index contributed by atoms with van der Waals surface area (Å²) in [6, 6.07) is 14.3. The van der Waals surface area contributed by atoms with E-state index in [-0.39, 0.29) is 0 Å². The zero-order chi connectivity index (χ0) is 21.8. The molecule has 1 fully saturated rings. The molecule has 0 radical (unpaired) electrons. The van der Waals surface area contributed by atoms with E-state index in [0.29, 0.717) is 39.8 Å². The molecular formula is C22H23ClN4O2S2. The second-order valence-electron chi connectivity index (χ2n) is 7.60. The fraction of sp³-hybridized carbons (Fsp3) is 0.273. The van der Waals surface area contributed by atoms with E-state index < -0.39 is 10.0 Å². The Kier molecular flexibility index (Phi) is 6.71. The van der Waals surface area contributed by atoms with Gasteiger partial charge in [0.2, 0.25) is 15.2 Å². The largest absolute Gasteiger partial charge is 0.253 e. The molecule has 0 saturated carbocycles. The van der Waals surface area contributed by atoms with Crippen LogP contribution in [0.25, 0.3) is 11.3 Å². The number of hydrazone groups is 1. The Balaban J connectivity index is 1.48. The summed E-state index contributed by atoms with van der Waals surface area (Å²) in [5.41, 5.74) is 5.30. The van der Waals surface area contributed by atoms with Gasteiger partial charge in [0, 0.05) is 29.1 Å². The SMILES string of the molecule is CC1CCCN(S(=O)(=O)c2cccc(-c3csc(N/N=C/c4ccc(Cl)cc4)n3)c2)C1. The summed E-state index contributed by atoms with van der Waals surface area (Å²) < 4.78 is 27.8. The van der Waals surface area contributed by atoms with Crippen LogP contribution in [0.1, 0.15) is 25.3 Å². The number of nitrogens with zero attached hydrogens (tertiary/aromatic N) is 3. The molecule has 1 N–H and O–H groups in total. The summed E-state index contributed by atoms with van der Waals surface area (Å²) in [7, 11) is -3.51. The minimum absolute atomic E-state index is 0.308. The Hall–Kier alpha value is -2.26. The molecule has 1 aromatic heterocycles. The van der Waals surface area contributed by atoms with E-state index in [2.05, 4.69) is 22.4 Å². The molecule has 4 rings (SSSR count). The van der Waals surface area contributed by atoms with Gasteiger partial charge in [-0.25, -0.2) is 13.4 Å². The zero-order valence-electron chi connectivity index (χ0n) is 17.0. The number of hydrogen-bond donors (Lipinski definition) is 1. The van der Waals surface area contributed by atoms with Gasteiger partial charge < -0.3 is 0 Å². The van der Waals surface area contributed by atoms with Crippen molar-refractivity contribution in [1.29, 1.82) is 0 Å². The second-order valence-corrected chi connectivity index (χ2v) is 10.8. The molecule has 1 aliphatic rings. The third kappa shape index (κ3) is 5.33. The van der Waals surface area contributed by atoms with Crippen molar-refractivity contribution in [2.24, 2.45) is 11.0 Å². The van der Waals surface area contributed by atoms with Gasteiger partial charge in [0.1, 0.15) is 0 Å². The first kappa shape index (κ1) is 22.0. The molecule has 0 aliphatic carbocycles. The maximum absolute atomic E-state index is 13.1. The van der Waals surface area contributed by atoms with Gasteiger partial charge in [0.15, 0.2) is 0 Å². The number of thiazole rings is 1. The normalized spacial score (nSPS) is 17.8. The van der Waals surface area contributed by atoms with Crippen LogP contribution in [-0.2, 0) is 10.0 Å². The van der Waals surface area contributed by atoms with E-state index in [4.69, 9.17) is 11.6 Å². The van der Waals surface area contributed by atoms with Crippen LogP contribution in [0, 0.1) is 5.92 Å². The summed E-state index contributed by atoms with van der Waals surface area (Å²) in [6.45, 7) is 3.24. The molecule has 9 heteroatoms. The number of benzene rings is 2. The van der Waals surface area contributed by atoms with Gasteiger partial charge in [-0.3, -0.25) is 5.43 Å². The van der Waals surface area contributed by atoms with E-state index in [9.17, 15) is 8.42 Å². The Bertz CT molecular complexity index is 1180. The maximum Gasteiger partial charge on any atom is 0.243 e. The minimum Gasteiger partial charge on any atom is -0.253 e. The van der Waals surface area contributed by atoms with E-state index in [1.54, 1.807) is 40.9 Å². The molecule has 1 atom stereocenters. The van der Waals surface area contributed by atoms with E-state index in [1.165, 1.54) is 11.3 Å². The molecule has 0 amide bonds. The van der Waals surface area contributed by atoms with Crippen LogP contribution in [0.3, 0.4) is 0 Å². The highest BCUT2D eigenvalue weighted by atomic mass is 35.5. The maximum atomic E-state index is 13.1. The molecule has 2 heterocycles. The van der Waals surface area contributed by atoms with Gasteiger partial charge in [0.25, 0.3) is 0 Å². The minimum atomic E-state index is -3.51. The van der Waals surface area contributed by atoms with Crippen LogP contribution in [0.5, 0.6) is 0 Å². The standard InChI is InChI=1S/C22H23ClN4O2S2/c1-16-4-3-11-27(14-16)31(28,29)20-6-2-5-18(12-20)21-15-30-22(25-21)26-24-13-17-7-9-19(23)10-8-17/h2,5-10,12-13,15-16H,3-4,11,14H2,1H3,(H,25,26)/b24-13+. The number of halogens is 1. The lowest BCUT2D eigenvalue weighted by Crippen LogP contribution is -2.39. The first-order valence-electron chi connectivity index (χ1n) is 10.0. The van der Waals surface area contributed by atoms with Crippen molar-refractivity contribution in [3.05, 3.63) is 64.5 Å². The third-order valence-corrected chi connectivity index (χ3v) is 8.00. The van der Waals surface area contributed by atoms with Crippen LogP contribution in [0.4, 0.5) is 5.13 Å². The number of piperidine rings is 1. The fourth-order valence-corrected chi connectivity index (χ4v) is 5.94. The van der Waals surface area contributed by atoms with Gasteiger partial charge >= 0.3 is 0 Å². The monoisotopic (exact) mass is 474 g/mol. The van der Waals surface area contributed by atoms with Gasteiger partial charge in [-0.05, 0) is 48.6 Å². The van der Waals surface area contributed by atoms with Crippen LogP contribution in [-0.4, -0.2) is 37.0 Å². The number of rotatable bonds is 6. The number of aromatic nitrogens is 1.